The normalized spacial score (nSPS) is 9.87. The number of nitrogens with two attached hydrogens (primary N) is 1. The first-order chi connectivity index (χ1) is 7.20. The van der Waals surface area contributed by atoms with Gasteiger partial charge in [0.15, 0.2) is 0 Å². The number of nitrogens with zero attached hydrogens (tertiary/aromatic N) is 3. The van der Waals surface area contributed by atoms with Crippen molar-refractivity contribution in [3.63, 3.8) is 0 Å². The standard InChI is InChI=1S/C10H7IN4/c11-8-5-14-15(6-8)10-3-7(4-12)1-2-9(10)13/h1-3,5-6H,13H2. The summed E-state index contributed by atoms with van der Waals surface area (Å²) in [5, 5.41) is 12.9. The van der Waals surface area contributed by atoms with Gasteiger partial charge in [0.1, 0.15) is 0 Å². The number of halogens is 1. The molecular formula is C10H7IN4. The Morgan fingerprint density at radius 1 is 1.47 bits per heavy atom. The van der Waals surface area contributed by atoms with Crippen LogP contribution in [0.4, 0.5) is 5.69 Å². The molecule has 4 nitrogen and oxygen atoms in total. The van der Waals surface area contributed by atoms with Gasteiger partial charge >= 0.3 is 0 Å². The molecule has 0 fully saturated rings. The third-order valence-electron chi connectivity index (χ3n) is 1.96. The number of hydrogen-bond acceptors (Lipinski definition) is 3. The van der Waals surface area contributed by atoms with Gasteiger partial charge < -0.3 is 5.73 Å². The highest BCUT2D eigenvalue weighted by molar-refractivity contribution is 14.1. The highest BCUT2D eigenvalue weighted by Gasteiger charge is 2.04. The van der Waals surface area contributed by atoms with Gasteiger partial charge in [0.25, 0.3) is 0 Å². The molecule has 2 N–H and O–H groups in total. The van der Waals surface area contributed by atoms with Crippen molar-refractivity contribution in [2.75, 3.05) is 5.73 Å². The van der Waals surface area contributed by atoms with Crippen LogP contribution in [-0.4, -0.2) is 9.78 Å². The first-order valence-electron chi connectivity index (χ1n) is 4.21. The molecule has 2 rings (SSSR count). The van der Waals surface area contributed by atoms with Crippen molar-refractivity contribution >= 4 is 28.3 Å². The van der Waals surface area contributed by atoms with E-state index >= 15 is 0 Å². The molecule has 1 heterocycles. The van der Waals surface area contributed by atoms with E-state index in [4.69, 9.17) is 11.0 Å². The second kappa shape index (κ2) is 3.90. The Labute approximate surface area is 100 Å². The molecule has 1 aromatic heterocycles. The summed E-state index contributed by atoms with van der Waals surface area (Å²) in [5.74, 6) is 0. The van der Waals surface area contributed by atoms with E-state index in [1.807, 2.05) is 6.20 Å². The van der Waals surface area contributed by atoms with Gasteiger partial charge in [-0.15, -0.1) is 0 Å². The minimum Gasteiger partial charge on any atom is -0.397 e. The Hall–Kier alpha value is -1.55. The van der Waals surface area contributed by atoms with Crippen LogP contribution in [0.25, 0.3) is 5.69 Å². The third kappa shape index (κ3) is 1.94. The molecule has 0 bridgehead atoms. The topological polar surface area (TPSA) is 67.6 Å². The average Bonchev–Trinajstić information content (AvgIpc) is 2.65. The van der Waals surface area contributed by atoms with Crippen LogP contribution < -0.4 is 5.73 Å². The Morgan fingerprint density at radius 2 is 2.27 bits per heavy atom. The smallest absolute Gasteiger partial charge is 0.0992 e. The van der Waals surface area contributed by atoms with E-state index in [0.717, 1.165) is 9.26 Å². The van der Waals surface area contributed by atoms with Gasteiger partial charge in [0.05, 0.1) is 32.8 Å². The predicted molar refractivity (Wildman–Crippen MR) is 65.4 cm³/mol. The maximum absolute atomic E-state index is 8.78. The van der Waals surface area contributed by atoms with Crippen LogP contribution in [0.5, 0.6) is 0 Å². The van der Waals surface area contributed by atoms with Crippen LogP contribution in [-0.2, 0) is 0 Å². The van der Waals surface area contributed by atoms with Gasteiger partial charge in [-0.1, -0.05) is 0 Å². The lowest BCUT2D eigenvalue weighted by Gasteiger charge is -2.05. The fourth-order valence-corrected chi connectivity index (χ4v) is 1.63. The molecule has 0 saturated carbocycles. The summed E-state index contributed by atoms with van der Waals surface area (Å²) in [6.45, 7) is 0. The van der Waals surface area contributed by atoms with E-state index in [2.05, 4.69) is 33.8 Å². The summed E-state index contributed by atoms with van der Waals surface area (Å²) >= 11 is 2.17. The largest absolute Gasteiger partial charge is 0.397 e. The molecule has 1 aromatic carbocycles. The molecule has 2 aromatic rings. The molecular weight excluding hydrogens is 303 g/mol. The number of benzene rings is 1. The molecule has 0 amide bonds. The number of aromatic nitrogens is 2. The maximum atomic E-state index is 8.78. The SMILES string of the molecule is N#Cc1ccc(N)c(-n2cc(I)cn2)c1. The minimum atomic E-state index is 0.574. The van der Waals surface area contributed by atoms with E-state index in [1.165, 1.54) is 0 Å². The minimum absolute atomic E-state index is 0.574. The zero-order valence-corrected chi connectivity index (χ0v) is 9.84. The van der Waals surface area contributed by atoms with Crippen molar-refractivity contribution in [2.24, 2.45) is 0 Å². The van der Waals surface area contributed by atoms with Crippen LogP contribution in [0.2, 0.25) is 0 Å². The monoisotopic (exact) mass is 310 g/mol. The number of nitrogen functional groups attached to an aromatic ring is 1. The van der Waals surface area contributed by atoms with Crippen LogP contribution >= 0.6 is 22.6 Å². The lowest BCUT2D eigenvalue weighted by molar-refractivity contribution is 0.882. The van der Waals surface area contributed by atoms with Crippen LogP contribution in [0.1, 0.15) is 5.56 Å². The number of nitriles is 1. The second-order valence-corrected chi connectivity index (χ2v) is 4.23. The summed E-state index contributed by atoms with van der Waals surface area (Å²) < 4.78 is 2.69. The zero-order chi connectivity index (χ0) is 10.8. The first-order valence-corrected chi connectivity index (χ1v) is 5.29. The summed E-state index contributed by atoms with van der Waals surface area (Å²) in [4.78, 5) is 0. The lowest BCUT2D eigenvalue weighted by atomic mass is 10.2. The van der Waals surface area contributed by atoms with Crippen molar-refractivity contribution in [3.05, 3.63) is 39.7 Å². The van der Waals surface area contributed by atoms with Crippen molar-refractivity contribution in [3.8, 4) is 11.8 Å². The molecule has 0 aliphatic carbocycles. The summed E-state index contributed by atoms with van der Waals surface area (Å²) in [6.07, 6.45) is 3.59. The molecule has 5 heteroatoms. The molecule has 0 atom stereocenters. The molecule has 15 heavy (non-hydrogen) atoms. The van der Waals surface area contributed by atoms with Gasteiger partial charge in [-0.3, -0.25) is 0 Å². The quantitative estimate of drug-likeness (QED) is 0.646. The van der Waals surface area contributed by atoms with E-state index in [0.29, 0.717) is 11.3 Å². The molecule has 74 valence electrons. The van der Waals surface area contributed by atoms with Gasteiger partial charge in [-0.05, 0) is 40.8 Å². The maximum Gasteiger partial charge on any atom is 0.0992 e. The van der Waals surface area contributed by atoms with Gasteiger partial charge in [-0.2, -0.15) is 10.4 Å². The van der Waals surface area contributed by atoms with Crippen LogP contribution in [0, 0.1) is 14.9 Å². The van der Waals surface area contributed by atoms with E-state index in [9.17, 15) is 0 Å². The fraction of sp³-hybridized carbons (Fsp3) is 0. The summed E-state index contributed by atoms with van der Waals surface area (Å²) in [6, 6.07) is 7.19. The van der Waals surface area contributed by atoms with E-state index in [1.54, 1.807) is 29.1 Å². The van der Waals surface area contributed by atoms with Crippen LogP contribution in [0.15, 0.2) is 30.6 Å². The molecule has 0 unspecified atom stereocenters. The Bertz CT molecular complexity index is 539. The first kappa shape index (κ1) is 9.98. The van der Waals surface area contributed by atoms with Crippen LogP contribution in [0.3, 0.4) is 0 Å². The van der Waals surface area contributed by atoms with Gasteiger partial charge in [0.2, 0.25) is 0 Å². The van der Waals surface area contributed by atoms with Crippen molar-refractivity contribution in [1.29, 1.82) is 5.26 Å². The second-order valence-electron chi connectivity index (χ2n) is 2.99. The summed E-state index contributed by atoms with van der Waals surface area (Å²) in [5.41, 5.74) is 7.72. The van der Waals surface area contributed by atoms with Gasteiger partial charge in [0, 0.05) is 6.20 Å². The molecule has 0 radical (unpaired) electrons. The molecule has 0 saturated heterocycles. The lowest BCUT2D eigenvalue weighted by Crippen LogP contribution is -2.00. The fourth-order valence-electron chi connectivity index (χ4n) is 1.24. The predicted octanol–water partition coefficient (Wildman–Crippen LogP) is 1.93. The average molecular weight is 310 g/mol. The molecule has 0 aliphatic heterocycles. The molecule has 0 spiro atoms. The van der Waals surface area contributed by atoms with E-state index < -0.39 is 0 Å². The van der Waals surface area contributed by atoms with E-state index in [-0.39, 0.29) is 0 Å². The number of hydrogen-bond donors (Lipinski definition) is 1. The highest BCUT2D eigenvalue weighted by Crippen LogP contribution is 2.18. The third-order valence-corrected chi connectivity index (χ3v) is 2.51. The number of anilines is 1. The highest BCUT2D eigenvalue weighted by atomic mass is 127. The Kier molecular flexibility index (Phi) is 2.60. The number of rotatable bonds is 1. The van der Waals surface area contributed by atoms with Crippen molar-refractivity contribution in [2.45, 2.75) is 0 Å². The van der Waals surface area contributed by atoms with Crippen molar-refractivity contribution in [1.82, 2.24) is 9.78 Å². The summed E-state index contributed by atoms with van der Waals surface area (Å²) in [7, 11) is 0. The zero-order valence-electron chi connectivity index (χ0n) is 7.68. The molecule has 0 aliphatic rings. The van der Waals surface area contributed by atoms with Gasteiger partial charge in [-0.25, -0.2) is 4.68 Å². The Morgan fingerprint density at radius 3 is 2.87 bits per heavy atom. The Balaban J connectivity index is 2.57. The van der Waals surface area contributed by atoms with Crippen molar-refractivity contribution < 1.29 is 0 Å².